The number of carbonyl (C=O) groups excluding carboxylic acids is 1. The molecule has 0 aliphatic heterocycles. The number of amides is 1. The molecule has 0 aliphatic rings. The standard InChI is InChI=1S/C16H13BrClFN2O2/c1-10(23-20-9-11-2-4-12(17)5-3-11)16(22)21-15-7-6-13(19)8-14(15)18/h2-10H,1H3,(H,21,22)/b20-9-/t10-/m1/s1. The lowest BCUT2D eigenvalue weighted by Gasteiger charge is -2.11. The van der Waals surface area contributed by atoms with E-state index in [0.29, 0.717) is 5.69 Å². The van der Waals surface area contributed by atoms with Gasteiger partial charge >= 0.3 is 0 Å². The van der Waals surface area contributed by atoms with Crippen molar-refractivity contribution in [3.05, 3.63) is 63.3 Å². The number of nitrogens with one attached hydrogen (secondary N) is 1. The molecule has 0 spiro atoms. The molecule has 0 aliphatic carbocycles. The monoisotopic (exact) mass is 398 g/mol. The van der Waals surface area contributed by atoms with E-state index in [0.717, 1.165) is 16.1 Å². The number of hydrogen-bond donors (Lipinski definition) is 1. The first-order valence-electron chi connectivity index (χ1n) is 6.66. The summed E-state index contributed by atoms with van der Waals surface area (Å²) in [4.78, 5) is 17.1. The number of hydrogen-bond acceptors (Lipinski definition) is 3. The summed E-state index contributed by atoms with van der Waals surface area (Å²) in [6.45, 7) is 1.55. The molecule has 23 heavy (non-hydrogen) atoms. The zero-order valence-corrected chi connectivity index (χ0v) is 14.4. The van der Waals surface area contributed by atoms with Gasteiger partial charge < -0.3 is 10.2 Å². The maximum absolute atomic E-state index is 13.0. The van der Waals surface area contributed by atoms with Crippen molar-refractivity contribution >= 4 is 45.3 Å². The highest BCUT2D eigenvalue weighted by Gasteiger charge is 2.15. The maximum Gasteiger partial charge on any atom is 0.268 e. The molecule has 0 heterocycles. The lowest BCUT2D eigenvalue weighted by molar-refractivity contribution is -0.126. The molecule has 2 aromatic carbocycles. The van der Waals surface area contributed by atoms with Gasteiger partial charge in [0.15, 0.2) is 0 Å². The van der Waals surface area contributed by atoms with E-state index in [9.17, 15) is 9.18 Å². The van der Waals surface area contributed by atoms with Gasteiger partial charge in [-0.15, -0.1) is 0 Å². The highest BCUT2D eigenvalue weighted by atomic mass is 79.9. The summed E-state index contributed by atoms with van der Waals surface area (Å²) in [6, 6.07) is 11.1. The Morgan fingerprint density at radius 3 is 2.70 bits per heavy atom. The Balaban J connectivity index is 1.90. The van der Waals surface area contributed by atoms with Crippen LogP contribution >= 0.6 is 27.5 Å². The van der Waals surface area contributed by atoms with Gasteiger partial charge in [-0.3, -0.25) is 4.79 Å². The third-order valence-electron chi connectivity index (χ3n) is 2.85. The molecule has 0 saturated heterocycles. The van der Waals surface area contributed by atoms with Crippen molar-refractivity contribution < 1.29 is 14.0 Å². The number of benzene rings is 2. The smallest absolute Gasteiger partial charge is 0.268 e. The first kappa shape index (κ1) is 17.4. The highest BCUT2D eigenvalue weighted by molar-refractivity contribution is 9.10. The number of nitrogens with zero attached hydrogens (tertiary/aromatic N) is 1. The van der Waals surface area contributed by atoms with Crippen molar-refractivity contribution in [1.29, 1.82) is 0 Å². The molecular weight excluding hydrogens is 387 g/mol. The third kappa shape index (κ3) is 5.33. The van der Waals surface area contributed by atoms with E-state index in [2.05, 4.69) is 26.4 Å². The minimum absolute atomic E-state index is 0.115. The van der Waals surface area contributed by atoms with E-state index in [1.807, 2.05) is 24.3 Å². The van der Waals surface area contributed by atoms with E-state index in [-0.39, 0.29) is 5.02 Å². The largest absolute Gasteiger partial charge is 0.383 e. The van der Waals surface area contributed by atoms with Crippen molar-refractivity contribution in [2.45, 2.75) is 13.0 Å². The predicted octanol–water partition coefficient (Wildman–Crippen LogP) is 4.62. The van der Waals surface area contributed by atoms with E-state index < -0.39 is 17.8 Å². The van der Waals surface area contributed by atoms with Crippen molar-refractivity contribution in [2.24, 2.45) is 5.16 Å². The Labute approximate surface area is 146 Å². The van der Waals surface area contributed by atoms with Crippen LogP contribution in [0.3, 0.4) is 0 Å². The zero-order chi connectivity index (χ0) is 16.8. The highest BCUT2D eigenvalue weighted by Crippen LogP contribution is 2.22. The minimum atomic E-state index is -0.831. The fourth-order valence-corrected chi connectivity index (χ4v) is 2.08. The molecule has 0 fully saturated rings. The zero-order valence-electron chi connectivity index (χ0n) is 12.1. The molecule has 120 valence electrons. The van der Waals surface area contributed by atoms with Crippen LogP contribution in [0.5, 0.6) is 0 Å². The summed E-state index contributed by atoms with van der Waals surface area (Å²) in [5.41, 5.74) is 1.15. The second-order valence-electron chi connectivity index (χ2n) is 4.65. The summed E-state index contributed by atoms with van der Waals surface area (Å²) in [6.07, 6.45) is 0.670. The van der Waals surface area contributed by atoms with Gasteiger partial charge in [0.05, 0.1) is 16.9 Å². The van der Waals surface area contributed by atoms with Gasteiger partial charge in [0.2, 0.25) is 6.10 Å². The van der Waals surface area contributed by atoms with Crippen molar-refractivity contribution in [2.75, 3.05) is 5.32 Å². The first-order chi connectivity index (χ1) is 11.0. The number of carbonyl (C=O) groups is 1. The lowest BCUT2D eigenvalue weighted by Crippen LogP contribution is -2.26. The van der Waals surface area contributed by atoms with Gasteiger partial charge in [-0.25, -0.2) is 4.39 Å². The molecule has 2 rings (SSSR count). The minimum Gasteiger partial charge on any atom is -0.383 e. The Bertz CT molecular complexity index is 723. The summed E-state index contributed by atoms with van der Waals surface area (Å²) in [5.74, 6) is -0.914. The molecule has 7 heteroatoms. The predicted molar refractivity (Wildman–Crippen MR) is 92.3 cm³/mol. The quantitative estimate of drug-likeness (QED) is 0.589. The average molecular weight is 400 g/mol. The summed E-state index contributed by atoms with van der Waals surface area (Å²) in [7, 11) is 0. The SMILES string of the molecule is C[C@@H](O/N=C\c1ccc(Br)cc1)C(=O)Nc1ccc(F)cc1Cl. The molecule has 4 nitrogen and oxygen atoms in total. The molecular formula is C16H13BrClFN2O2. The molecule has 1 amide bonds. The van der Waals surface area contributed by atoms with Crippen LogP contribution in [-0.2, 0) is 9.63 Å². The number of anilines is 1. The Morgan fingerprint density at radius 1 is 1.35 bits per heavy atom. The van der Waals surface area contributed by atoms with Crippen LogP contribution in [0.4, 0.5) is 10.1 Å². The van der Waals surface area contributed by atoms with Crippen LogP contribution in [0.15, 0.2) is 52.1 Å². The fourth-order valence-electron chi connectivity index (χ4n) is 1.60. The lowest BCUT2D eigenvalue weighted by atomic mass is 10.2. The van der Waals surface area contributed by atoms with E-state index >= 15 is 0 Å². The molecule has 0 aromatic heterocycles. The van der Waals surface area contributed by atoms with E-state index in [1.54, 1.807) is 6.92 Å². The Hall–Kier alpha value is -1.92. The van der Waals surface area contributed by atoms with Gasteiger partial charge in [0.25, 0.3) is 5.91 Å². The van der Waals surface area contributed by atoms with E-state index in [4.69, 9.17) is 16.4 Å². The van der Waals surface area contributed by atoms with Crippen molar-refractivity contribution in [3.63, 3.8) is 0 Å². The second kappa shape index (κ2) is 8.08. The van der Waals surface area contributed by atoms with Crippen LogP contribution < -0.4 is 5.32 Å². The number of oxime groups is 1. The molecule has 0 bridgehead atoms. The van der Waals surface area contributed by atoms with Crippen LogP contribution in [0.25, 0.3) is 0 Å². The van der Waals surface area contributed by atoms with Crippen LogP contribution in [0.2, 0.25) is 5.02 Å². The normalized spacial score (nSPS) is 12.2. The number of halogens is 3. The van der Waals surface area contributed by atoms with Crippen molar-refractivity contribution in [1.82, 2.24) is 0 Å². The Kier molecular flexibility index (Phi) is 6.12. The first-order valence-corrected chi connectivity index (χ1v) is 7.83. The van der Waals surface area contributed by atoms with Crippen LogP contribution in [0, 0.1) is 5.82 Å². The van der Waals surface area contributed by atoms with Gasteiger partial charge in [-0.1, -0.05) is 44.8 Å². The molecule has 0 radical (unpaired) electrons. The Morgan fingerprint density at radius 2 is 2.04 bits per heavy atom. The van der Waals surface area contributed by atoms with Gasteiger partial charge in [-0.2, -0.15) is 0 Å². The molecule has 2 aromatic rings. The summed E-state index contributed by atoms with van der Waals surface area (Å²) < 4.78 is 13.9. The third-order valence-corrected chi connectivity index (χ3v) is 3.69. The molecule has 1 atom stereocenters. The van der Waals surface area contributed by atoms with Gasteiger partial charge in [0, 0.05) is 4.47 Å². The van der Waals surface area contributed by atoms with Crippen molar-refractivity contribution in [3.8, 4) is 0 Å². The van der Waals surface area contributed by atoms with Crippen LogP contribution in [0.1, 0.15) is 12.5 Å². The summed E-state index contributed by atoms with van der Waals surface area (Å²) in [5, 5.41) is 6.44. The van der Waals surface area contributed by atoms with E-state index in [1.165, 1.54) is 18.3 Å². The second-order valence-corrected chi connectivity index (χ2v) is 5.97. The molecule has 0 unspecified atom stereocenters. The maximum atomic E-state index is 13.0. The summed E-state index contributed by atoms with van der Waals surface area (Å²) >= 11 is 9.18. The van der Waals surface area contributed by atoms with Gasteiger partial charge in [0.1, 0.15) is 5.82 Å². The van der Waals surface area contributed by atoms with Crippen LogP contribution in [-0.4, -0.2) is 18.2 Å². The average Bonchev–Trinajstić information content (AvgIpc) is 2.51. The fraction of sp³-hybridized carbons (Fsp3) is 0.125. The molecule has 1 N–H and O–H groups in total. The number of rotatable bonds is 5. The van der Waals surface area contributed by atoms with Gasteiger partial charge in [-0.05, 0) is 42.8 Å². The topological polar surface area (TPSA) is 50.7 Å². The molecule has 0 saturated carbocycles.